The van der Waals surface area contributed by atoms with Crippen molar-refractivity contribution >= 4 is 5.69 Å². The summed E-state index contributed by atoms with van der Waals surface area (Å²) in [6.07, 6.45) is 1.74. The molecule has 1 aliphatic heterocycles. The molecule has 0 spiro atoms. The summed E-state index contributed by atoms with van der Waals surface area (Å²) >= 11 is 0. The number of para-hydroxylation sites is 1. The van der Waals surface area contributed by atoms with E-state index in [1.54, 1.807) is 6.20 Å². The molecular formula is C17H20N2O2. The first-order valence-electron chi connectivity index (χ1n) is 7.24. The van der Waals surface area contributed by atoms with Gasteiger partial charge in [-0.05, 0) is 39.0 Å². The van der Waals surface area contributed by atoms with Crippen molar-refractivity contribution in [3.8, 4) is 11.6 Å². The second kappa shape index (κ2) is 5.28. The molecule has 21 heavy (non-hydrogen) atoms. The van der Waals surface area contributed by atoms with Crippen molar-refractivity contribution in [1.29, 1.82) is 0 Å². The summed E-state index contributed by atoms with van der Waals surface area (Å²) in [6.45, 7) is 6.71. The van der Waals surface area contributed by atoms with Crippen LogP contribution < -0.4 is 14.8 Å². The van der Waals surface area contributed by atoms with Crippen molar-refractivity contribution in [2.75, 3.05) is 11.9 Å². The fourth-order valence-corrected chi connectivity index (χ4v) is 2.69. The number of nitrogens with zero attached hydrogens (tertiary/aromatic N) is 1. The smallest absolute Gasteiger partial charge is 0.237 e. The minimum absolute atomic E-state index is 0.0529. The van der Waals surface area contributed by atoms with Crippen LogP contribution in [0.25, 0.3) is 0 Å². The molecule has 110 valence electrons. The van der Waals surface area contributed by atoms with Gasteiger partial charge in [-0.15, -0.1) is 0 Å². The molecule has 4 heteroatoms. The van der Waals surface area contributed by atoms with Crippen molar-refractivity contribution in [3.63, 3.8) is 0 Å². The van der Waals surface area contributed by atoms with E-state index in [4.69, 9.17) is 9.47 Å². The fraction of sp³-hybridized carbons (Fsp3) is 0.353. The van der Waals surface area contributed by atoms with Gasteiger partial charge in [-0.1, -0.05) is 18.2 Å². The normalized spacial score (nSPS) is 18.7. The molecule has 4 nitrogen and oxygen atoms in total. The number of ether oxygens (including phenoxy) is 2. The van der Waals surface area contributed by atoms with Crippen LogP contribution in [0.2, 0.25) is 0 Å². The molecule has 1 N–H and O–H groups in total. The molecule has 0 bridgehead atoms. The Morgan fingerprint density at radius 1 is 1.24 bits per heavy atom. The monoisotopic (exact) mass is 284 g/mol. The Balaban J connectivity index is 1.94. The minimum Gasteiger partial charge on any atom is -0.485 e. The van der Waals surface area contributed by atoms with Gasteiger partial charge < -0.3 is 14.8 Å². The lowest BCUT2D eigenvalue weighted by molar-refractivity contribution is 0.118. The van der Waals surface area contributed by atoms with E-state index in [1.165, 1.54) is 0 Å². The van der Waals surface area contributed by atoms with Crippen molar-refractivity contribution in [3.05, 3.63) is 48.2 Å². The molecule has 0 amide bonds. The topological polar surface area (TPSA) is 43.4 Å². The zero-order valence-electron chi connectivity index (χ0n) is 12.6. The number of anilines is 1. The van der Waals surface area contributed by atoms with E-state index in [9.17, 15) is 0 Å². The average Bonchev–Trinajstić information content (AvgIpc) is 2.72. The summed E-state index contributed by atoms with van der Waals surface area (Å²) in [5, 5.41) is 3.53. The zero-order valence-corrected chi connectivity index (χ0v) is 12.6. The van der Waals surface area contributed by atoms with Gasteiger partial charge in [-0.3, -0.25) is 0 Å². The second-order valence-electron chi connectivity index (χ2n) is 5.61. The molecule has 1 aromatic carbocycles. The number of nitrogens with one attached hydrogen (secondary N) is 1. The number of aromatic nitrogens is 1. The SMILES string of the molecule is CCOc1ncccc1NC1c2ccccc2OC1(C)C. The molecule has 2 aromatic rings. The van der Waals surface area contributed by atoms with Crippen LogP contribution >= 0.6 is 0 Å². The molecule has 0 aliphatic carbocycles. The maximum absolute atomic E-state index is 6.06. The Morgan fingerprint density at radius 3 is 2.86 bits per heavy atom. The molecule has 0 saturated heterocycles. The lowest BCUT2D eigenvalue weighted by atomic mass is 9.94. The largest absolute Gasteiger partial charge is 0.485 e. The molecule has 1 aliphatic rings. The molecule has 1 aromatic heterocycles. The molecule has 3 rings (SSSR count). The molecule has 2 heterocycles. The first kappa shape index (κ1) is 13.7. The van der Waals surface area contributed by atoms with Crippen molar-refractivity contribution < 1.29 is 9.47 Å². The van der Waals surface area contributed by atoms with Gasteiger partial charge in [-0.2, -0.15) is 0 Å². The minimum atomic E-state index is -0.330. The number of benzene rings is 1. The van der Waals surface area contributed by atoms with Gasteiger partial charge in [0.25, 0.3) is 0 Å². The maximum atomic E-state index is 6.06. The summed E-state index contributed by atoms with van der Waals surface area (Å²) in [6, 6.07) is 12.1. The van der Waals surface area contributed by atoms with Gasteiger partial charge in [0.1, 0.15) is 11.4 Å². The van der Waals surface area contributed by atoms with Crippen LogP contribution in [0.15, 0.2) is 42.6 Å². The first-order valence-corrected chi connectivity index (χ1v) is 7.24. The van der Waals surface area contributed by atoms with E-state index in [2.05, 4.69) is 30.2 Å². The van der Waals surface area contributed by atoms with Gasteiger partial charge in [0.15, 0.2) is 0 Å². The molecule has 0 saturated carbocycles. The summed E-state index contributed by atoms with van der Waals surface area (Å²) in [5.74, 6) is 1.56. The lowest BCUT2D eigenvalue weighted by Crippen LogP contribution is -2.34. The predicted octanol–water partition coefficient (Wildman–Crippen LogP) is 3.80. The Morgan fingerprint density at radius 2 is 2.05 bits per heavy atom. The van der Waals surface area contributed by atoms with Gasteiger partial charge in [-0.25, -0.2) is 4.98 Å². The van der Waals surface area contributed by atoms with Gasteiger partial charge >= 0.3 is 0 Å². The number of hydrogen-bond acceptors (Lipinski definition) is 4. The van der Waals surface area contributed by atoms with Crippen LogP contribution in [0, 0.1) is 0 Å². The highest BCUT2D eigenvalue weighted by Gasteiger charge is 2.41. The molecule has 0 fully saturated rings. The predicted molar refractivity (Wildman–Crippen MR) is 82.9 cm³/mol. The quantitative estimate of drug-likeness (QED) is 0.927. The van der Waals surface area contributed by atoms with Crippen molar-refractivity contribution in [2.45, 2.75) is 32.4 Å². The Labute approximate surface area is 125 Å². The summed E-state index contributed by atoms with van der Waals surface area (Å²) in [4.78, 5) is 4.29. The highest BCUT2D eigenvalue weighted by atomic mass is 16.5. The lowest BCUT2D eigenvalue weighted by Gasteiger charge is -2.28. The Bertz CT molecular complexity index is 640. The third-order valence-corrected chi connectivity index (χ3v) is 3.65. The highest BCUT2D eigenvalue weighted by molar-refractivity contribution is 5.56. The first-order chi connectivity index (χ1) is 10.1. The van der Waals surface area contributed by atoms with Crippen molar-refractivity contribution in [1.82, 2.24) is 4.98 Å². The molecular weight excluding hydrogens is 264 g/mol. The van der Waals surface area contributed by atoms with Crippen LogP contribution in [0.1, 0.15) is 32.4 Å². The number of pyridine rings is 1. The Kier molecular flexibility index (Phi) is 3.45. The Hall–Kier alpha value is -2.23. The number of hydrogen-bond donors (Lipinski definition) is 1. The van der Waals surface area contributed by atoms with E-state index in [1.807, 2.05) is 37.3 Å². The third kappa shape index (κ3) is 2.53. The number of rotatable bonds is 4. The molecule has 1 atom stereocenters. The number of fused-ring (bicyclic) bond motifs is 1. The van der Waals surface area contributed by atoms with E-state index < -0.39 is 0 Å². The van der Waals surface area contributed by atoms with Gasteiger partial charge in [0, 0.05) is 11.8 Å². The van der Waals surface area contributed by atoms with Crippen molar-refractivity contribution in [2.24, 2.45) is 0 Å². The van der Waals surface area contributed by atoms with Crippen LogP contribution in [-0.2, 0) is 0 Å². The van der Waals surface area contributed by atoms with Crippen LogP contribution in [-0.4, -0.2) is 17.2 Å². The zero-order chi connectivity index (χ0) is 14.9. The highest BCUT2D eigenvalue weighted by Crippen LogP contribution is 2.45. The molecule has 0 radical (unpaired) electrons. The third-order valence-electron chi connectivity index (χ3n) is 3.65. The van der Waals surface area contributed by atoms with Crippen LogP contribution in [0.3, 0.4) is 0 Å². The van der Waals surface area contributed by atoms with Crippen LogP contribution in [0.4, 0.5) is 5.69 Å². The summed E-state index contributed by atoms with van der Waals surface area (Å²) in [7, 11) is 0. The second-order valence-corrected chi connectivity index (χ2v) is 5.61. The average molecular weight is 284 g/mol. The van der Waals surface area contributed by atoms with E-state index in [-0.39, 0.29) is 11.6 Å². The van der Waals surface area contributed by atoms with Gasteiger partial charge in [0.2, 0.25) is 5.88 Å². The fourth-order valence-electron chi connectivity index (χ4n) is 2.69. The summed E-state index contributed by atoms with van der Waals surface area (Å²) in [5.41, 5.74) is 1.72. The standard InChI is InChI=1S/C17H20N2O2/c1-4-20-16-13(9-7-11-18-16)19-15-12-8-5-6-10-14(12)21-17(15,2)3/h5-11,15,19H,4H2,1-3H3. The van der Waals surface area contributed by atoms with Gasteiger partial charge in [0.05, 0.1) is 18.3 Å². The van der Waals surface area contributed by atoms with E-state index in [0.29, 0.717) is 12.5 Å². The molecule has 1 unspecified atom stereocenters. The van der Waals surface area contributed by atoms with E-state index >= 15 is 0 Å². The maximum Gasteiger partial charge on any atom is 0.237 e. The summed E-state index contributed by atoms with van der Waals surface area (Å²) < 4.78 is 11.6. The van der Waals surface area contributed by atoms with E-state index in [0.717, 1.165) is 17.0 Å². The van der Waals surface area contributed by atoms with Crippen LogP contribution in [0.5, 0.6) is 11.6 Å².